The van der Waals surface area contributed by atoms with Gasteiger partial charge in [-0.1, -0.05) is 30.3 Å². The Labute approximate surface area is 169 Å². The van der Waals surface area contributed by atoms with Crippen LogP contribution >= 0.6 is 0 Å². The molecular weight excluding hydrogens is 368 g/mol. The Morgan fingerprint density at radius 3 is 2.45 bits per heavy atom. The Hall–Kier alpha value is -3.33. The van der Waals surface area contributed by atoms with Gasteiger partial charge in [-0.05, 0) is 56.0 Å². The van der Waals surface area contributed by atoms with E-state index in [2.05, 4.69) is 6.07 Å². The molecule has 150 valence electrons. The number of nitriles is 1. The van der Waals surface area contributed by atoms with Crippen molar-refractivity contribution in [3.05, 3.63) is 58.6 Å². The van der Waals surface area contributed by atoms with Gasteiger partial charge in [0.25, 0.3) is 0 Å². The summed E-state index contributed by atoms with van der Waals surface area (Å²) in [5, 5.41) is 9.40. The van der Waals surface area contributed by atoms with Gasteiger partial charge in [-0.3, -0.25) is 9.36 Å². The smallest absolute Gasteiger partial charge is 0.419 e. The molecule has 3 rings (SSSR count). The van der Waals surface area contributed by atoms with Gasteiger partial charge in [-0.25, -0.2) is 4.79 Å². The van der Waals surface area contributed by atoms with Crippen LogP contribution < -0.4 is 5.76 Å². The maximum atomic E-state index is 12.0. The molecule has 0 fully saturated rings. The molecule has 0 N–H and O–H groups in total. The SMILES string of the molecule is Cn1c(=O)oc2ccc(-c3ccc(C[C@@H](C#N)CC(=O)OC(C)(C)C)cc3)cc21. The van der Waals surface area contributed by atoms with Crippen molar-refractivity contribution in [2.75, 3.05) is 0 Å². The molecule has 6 heteroatoms. The zero-order valence-electron chi connectivity index (χ0n) is 17.1. The third-order valence-electron chi connectivity index (χ3n) is 4.58. The molecule has 0 aliphatic rings. The number of hydrogen-bond acceptors (Lipinski definition) is 5. The topological polar surface area (TPSA) is 85.2 Å². The Morgan fingerprint density at radius 1 is 1.17 bits per heavy atom. The van der Waals surface area contributed by atoms with Crippen LogP contribution in [-0.2, 0) is 23.0 Å². The van der Waals surface area contributed by atoms with Gasteiger partial charge >= 0.3 is 11.7 Å². The summed E-state index contributed by atoms with van der Waals surface area (Å²) in [6.07, 6.45) is 0.548. The highest BCUT2D eigenvalue weighted by Gasteiger charge is 2.20. The summed E-state index contributed by atoms with van der Waals surface area (Å²) >= 11 is 0. The normalized spacial score (nSPS) is 12.5. The lowest BCUT2D eigenvalue weighted by Crippen LogP contribution is -2.25. The zero-order chi connectivity index (χ0) is 21.2. The van der Waals surface area contributed by atoms with Gasteiger partial charge in [0.1, 0.15) is 5.60 Å². The first-order valence-corrected chi connectivity index (χ1v) is 9.46. The molecule has 0 aliphatic heterocycles. The molecule has 1 aromatic heterocycles. The lowest BCUT2D eigenvalue weighted by atomic mass is 9.95. The van der Waals surface area contributed by atoms with Crippen LogP contribution in [0.25, 0.3) is 22.2 Å². The highest BCUT2D eigenvalue weighted by molar-refractivity contribution is 5.80. The standard InChI is InChI=1S/C23H24N2O4/c1-23(2,3)29-21(26)12-16(14-24)11-15-5-7-17(8-6-15)18-9-10-20-19(13-18)25(4)22(27)28-20/h5-10,13,16H,11-12H2,1-4H3/t16-/m1/s1. The van der Waals surface area contributed by atoms with Crippen LogP contribution in [0, 0.1) is 17.2 Å². The summed E-state index contributed by atoms with van der Waals surface area (Å²) in [6.45, 7) is 5.43. The van der Waals surface area contributed by atoms with Gasteiger partial charge < -0.3 is 9.15 Å². The van der Waals surface area contributed by atoms with Crippen molar-refractivity contribution in [2.45, 2.75) is 39.2 Å². The van der Waals surface area contributed by atoms with E-state index < -0.39 is 11.5 Å². The average molecular weight is 392 g/mol. The van der Waals surface area contributed by atoms with Crippen molar-refractivity contribution >= 4 is 17.1 Å². The molecule has 3 aromatic rings. The van der Waals surface area contributed by atoms with E-state index in [9.17, 15) is 14.9 Å². The molecule has 1 atom stereocenters. The van der Waals surface area contributed by atoms with Crippen LogP contribution in [0.1, 0.15) is 32.8 Å². The van der Waals surface area contributed by atoms with E-state index in [1.807, 2.05) is 57.2 Å². The number of carbonyl (C=O) groups excluding carboxylic acids is 1. The summed E-state index contributed by atoms with van der Waals surface area (Å²) in [7, 11) is 1.67. The zero-order valence-corrected chi connectivity index (χ0v) is 17.1. The first-order chi connectivity index (χ1) is 13.7. The van der Waals surface area contributed by atoms with Crippen LogP contribution in [-0.4, -0.2) is 16.1 Å². The van der Waals surface area contributed by atoms with E-state index in [1.54, 1.807) is 13.1 Å². The lowest BCUT2D eigenvalue weighted by Gasteiger charge is -2.20. The van der Waals surface area contributed by atoms with Gasteiger partial charge in [0.15, 0.2) is 5.58 Å². The number of benzene rings is 2. The monoisotopic (exact) mass is 392 g/mol. The minimum Gasteiger partial charge on any atom is -0.460 e. The molecular formula is C23H24N2O4. The molecule has 0 amide bonds. The maximum absolute atomic E-state index is 12.0. The second-order valence-electron chi connectivity index (χ2n) is 8.13. The van der Waals surface area contributed by atoms with Crippen molar-refractivity contribution < 1.29 is 13.9 Å². The average Bonchev–Trinajstić information content (AvgIpc) is 2.94. The number of esters is 1. The molecule has 29 heavy (non-hydrogen) atoms. The molecule has 0 bridgehead atoms. The molecule has 6 nitrogen and oxygen atoms in total. The molecule has 1 heterocycles. The predicted molar refractivity (Wildman–Crippen MR) is 110 cm³/mol. The van der Waals surface area contributed by atoms with Gasteiger partial charge in [-0.2, -0.15) is 5.26 Å². The van der Waals surface area contributed by atoms with Crippen molar-refractivity contribution in [3.8, 4) is 17.2 Å². The number of fused-ring (bicyclic) bond motifs is 1. The summed E-state index contributed by atoms with van der Waals surface area (Å²) in [4.78, 5) is 23.6. The van der Waals surface area contributed by atoms with E-state index in [0.29, 0.717) is 12.0 Å². The summed E-state index contributed by atoms with van der Waals surface area (Å²) in [6, 6.07) is 15.6. The number of aryl methyl sites for hydroxylation is 1. The fourth-order valence-electron chi connectivity index (χ4n) is 3.17. The van der Waals surface area contributed by atoms with Crippen molar-refractivity contribution in [2.24, 2.45) is 13.0 Å². The second-order valence-corrected chi connectivity index (χ2v) is 8.13. The van der Waals surface area contributed by atoms with Crippen LogP contribution in [0.5, 0.6) is 0 Å². The maximum Gasteiger partial charge on any atom is 0.419 e. The number of ether oxygens (including phenoxy) is 1. The number of carbonyl (C=O) groups is 1. The second kappa shape index (κ2) is 7.96. The Morgan fingerprint density at radius 2 is 1.83 bits per heavy atom. The van der Waals surface area contributed by atoms with E-state index in [0.717, 1.165) is 22.2 Å². The molecule has 2 aromatic carbocycles. The van der Waals surface area contributed by atoms with Crippen LogP contribution in [0.3, 0.4) is 0 Å². The molecule has 0 spiro atoms. The van der Waals surface area contributed by atoms with Crippen LogP contribution in [0.4, 0.5) is 0 Å². The third-order valence-corrected chi connectivity index (χ3v) is 4.58. The van der Waals surface area contributed by atoms with E-state index >= 15 is 0 Å². The van der Waals surface area contributed by atoms with Crippen molar-refractivity contribution in [1.29, 1.82) is 5.26 Å². The Bertz CT molecular complexity index is 1120. The van der Waals surface area contributed by atoms with Gasteiger partial charge in [-0.15, -0.1) is 0 Å². The number of oxazole rings is 1. The van der Waals surface area contributed by atoms with Crippen molar-refractivity contribution in [3.63, 3.8) is 0 Å². The summed E-state index contributed by atoms with van der Waals surface area (Å²) < 4.78 is 11.9. The number of aromatic nitrogens is 1. The van der Waals surface area contributed by atoms with Crippen LogP contribution in [0.2, 0.25) is 0 Å². The fraction of sp³-hybridized carbons (Fsp3) is 0.348. The first kappa shape index (κ1) is 20.4. The number of nitrogens with zero attached hydrogens (tertiary/aromatic N) is 2. The van der Waals surface area contributed by atoms with E-state index in [4.69, 9.17) is 9.15 Å². The molecule has 0 saturated heterocycles. The molecule has 0 radical (unpaired) electrons. The van der Waals surface area contributed by atoms with Gasteiger partial charge in [0.2, 0.25) is 0 Å². The fourth-order valence-corrected chi connectivity index (χ4v) is 3.17. The quantitative estimate of drug-likeness (QED) is 0.607. The lowest BCUT2D eigenvalue weighted by molar-refractivity contribution is -0.155. The van der Waals surface area contributed by atoms with Gasteiger partial charge in [0, 0.05) is 7.05 Å². The summed E-state index contributed by atoms with van der Waals surface area (Å²) in [5.41, 5.74) is 3.66. The summed E-state index contributed by atoms with van der Waals surface area (Å²) in [5.74, 6) is -1.19. The third kappa shape index (κ3) is 4.94. The predicted octanol–water partition coefficient (Wildman–Crippen LogP) is 4.21. The highest BCUT2D eigenvalue weighted by Crippen LogP contribution is 2.25. The molecule has 0 aliphatic carbocycles. The van der Waals surface area contributed by atoms with E-state index in [-0.39, 0.29) is 18.1 Å². The Balaban J connectivity index is 1.73. The number of rotatable bonds is 5. The molecule has 0 unspecified atom stereocenters. The number of hydrogen-bond donors (Lipinski definition) is 0. The minimum atomic E-state index is -0.557. The van der Waals surface area contributed by atoms with Crippen LogP contribution in [0.15, 0.2) is 51.7 Å². The highest BCUT2D eigenvalue weighted by atomic mass is 16.6. The van der Waals surface area contributed by atoms with E-state index in [1.165, 1.54) is 4.57 Å². The largest absolute Gasteiger partial charge is 0.460 e. The first-order valence-electron chi connectivity index (χ1n) is 9.46. The Kier molecular flexibility index (Phi) is 5.60. The minimum absolute atomic E-state index is 0.0701. The van der Waals surface area contributed by atoms with Gasteiger partial charge in [0.05, 0.1) is 23.9 Å². The van der Waals surface area contributed by atoms with Crippen molar-refractivity contribution in [1.82, 2.24) is 4.57 Å². The molecule has 0 saturated carbocycles.